The van der Waals surface area contributed by atoms with Crippen LogP contribution in [0.25, 0.3) is 0 Å². The summed E-state index contributed by atoms with van der Waals surface area (Å²) in [6, 6.07) is 13.5. The second kappa shape index (κ2) is 9.86. The standard InChI is InChI=1S/C20H21N3O5/c1-13(2)22-18(24)19(25)23-21-11-15-8-9-17(16(10-15)20(26)27)28-12-14-6-4-3-5-7-14/h3-11,13H,12H2,1-2H3,(H,22,24)(H,23,25)(H,26,27)/p-1/b21-11-. The minimum atomic E-state index is -1.40. The minimum absolute atomic E-state index is 0.149. The van der Waals surface area contributed by atoms with Gasteiger partial charge < -0.3 is 20.0 Å². The minimum Gasteiger partial charge on any atom is -0.545 e. The molecule has 2 aromatic carbocycles. The summed E-state index contributed by atoms with van der Waals surface area (Å²) in [6.07, 6.45) is 1.22. The number of hydrogen-bond donors (Lipinski definition) is 2. The normalized spacial score (nSPS) is 10.7. The van der Waals surface area contributed by atoms with E-state index < -0.39 is 17.8 Å². The number of ether oxygens (including phenoxy) is 1. The Morgan fingerprint density at radius 2 is 1.82 bits per heavy atom. The van der Waals surface area contributed by atoms with Crippen molar-refractivity contribution in [3.63, 3.8) is 0 Å². The summed E-state index contributed by atoms with van der Waals surface area (Å²) in [5.74, 6) is -2.99. The molecular formula is C20H20N3O5-. The highest BCUT2D eigenvalue weighted by Crippen LogP contribution is 2.20. The predicted octanol–water partition coefficient (Wildman–Crippen LogP) is 0.604. The summed E-state index contributed by atoms with van der Waals surface area (Å²) in [7, 11) is 0. The van der Waals surface area contributed by atoms with Gasteiger partial charge in [0, 0.05) is 11.6 Å². The number of carboxylic acids is 1. The Labute approximate surface area is 162 Å². The van der Waals surface area contributed by atoms with Gasteiger partial charge in [-0.1, -0.05) is 30.3 Å². The van der Waals surface area contributed by atoms with Crippen molar-refractivity contribution in [1.29, 1.82) is 0 Å². The number of hydrazone groups is 1. The maximum absolute atomic E-state index is 11.6. The van der Waals surface area contributed by atoms with Crippen molar-refractivity contribution in [1.82, 2.24) is 10.7 Å². The van der Waals surface area contributed by atoms with Gasteiger partial charge in [-0.3, -0.25) is 9.59 Å². The van der Waals surface area contributed by atoms with E-state index in [1.54, 1.807) is 19.9 Å². The number of carboxylic acid groups (broad SMARTS) is 1. The van der Waals surface area contributed by atoms with Gasteiger partial charge in [0.25, 0.3) is 0 Å². The first-order valence-corrected chi connectivity index (χ1v) is 8.53. The van der Waals surface area contributed by atoms with Gasteiger partial charge in [-0.2, -0.15) is 5.10 Å². The van der Waals surface area contributed by atoms with Gasteiger partial charge in [0.1, 0.15) is 12.4 Å². The van der Waals surface area contributed by atoms with Crippen molar-refractivity contribution >= 4 is 24.0 Å². The van der Waals surface area contributed by atoms with E-state index in [4.69, 9.17) is 4.74 Å². The summed E-state index contributed by atoms with van der Waals surface area (Å²) in [5, 5.41) is 17.5. The van der Waals surface area contributed by atoms with Gasteiger partial charge in [-0.05, 0) is 43.2 Å². The molecule has 0 saturated heterocycles. The molecule has 0 saturated carbocycles. The van der Waals surface area contributed by atoms with Gasteiger partial charge in [0.2, 0.25) is 0 Å². The van der Waals surface area contributed by atoms with Crippen LogP contribution in [0.5, 0.6) is 5.75 Å². The Morgan fingerprint density at radius 3 is 2.46 bits per heavy atom. The number of nitrogens with zero attached hydrogens (tertiary/aromatic N) is 1. The van der Waals surface area contributed by atoms with Crippen molar-refractivity contribution in [2.75, 3.05) is 0 Å². The molecule has 0 bridgehead atoms. The average molecular weight is 382 g/mol. The van der Waals surface area contributed by atoms with Crippen LogP contribution in [0.4, 0.5) is 0 Å². The molecule has 2 aromatic rings. The molecule has 0 aliphatic rings. The molecule has 0 fully saturated rings. The first-order valence-electron chi connectivity index (χ1n) is 8.53. The maximum Gasteiger partial charge on any atom is 0.329 e. The van der Waals surface area contributed by atoms with Crippen molar-refractivity contribution in [3.8, 4) is 5.75 Å². The first-order chi connectivity index (χ1) is 13.4. The number of hydrogen-bond acceptors (Lipinski definition) is 6. The summed E-state index contributed by atoms with van der Waals surface area (Å²) in [6.45, 7) is 3.64. The fraction of sp³-hybridized carbons (Fsp3) is 0.200. The zero-order valence-electron chi connectivity index (χ0n) is 15.5. The zero-order chi connectivity index (χ0) is 20.5. The average Bonchev–Trinajstić information content (AvgIpc) is 2.66. The van der Waals surface area contributed by atoms with Crippen LogP contribution in [0.15, 0.2) is 53.6 Å². The van der Waals surface area contributed by atoms with Crippen LogP contribution in [0.2, 0.25) is 0 Å². The number of benzene rings is 2. The lowest BCUT2D eigenvalue weighted by atomic mass is 10.1. The molecule has 0 aliphatic carbocycles. The van der Waals surface area contributed by atoms with Crippen LogP contribution in [0.3, 0.4) is 0 Å². The highest BCUT2D eigenvalue weighted by molar-refractivity contribution is 6.35. The number of aromatic carboxylic acids is 1. The first kappa shape index (κ1) is 20.6. The molecule has 146 valence electrons. The smallest absolute Gasteiger partial charge is 0.329 e. The zero-order valence-corrected chi connectivity index (χ0v) is 15.5. The SMILES string of the molecule is CC(C)NC(=O)C(=O)N/N=C\c1ccc(OCc2ccccc2)c(C(=O)[O-])c1. The second-order valence-electron chi connectivity index (χ2n) is 6.14. The molecule has 0 spiro atoms. The fourth-order valence-corrected chi connectivity index (χ4v) is 2.19. The molecule has 8 heteroatoms. The van der Waals surface area contributed by atoms with Gasteiger partial charge in [-0.15, -0.1) is 0 Å². The molecule has 0 radical (unpaired) electrons. The summed E-state index contributed by atoms with van der Waals surface area (Å²) >= 11 is 0. The number of carbonyl (C=O) groups is 3. The fourth-order valence-electron chi connectivity index (χ4n) is 2.19. The molecular weight excluding hydrogens is 362 g/mol. The van der Waals surface area contributed by atoms with E-state index in [0.29, 0.717) is 5.56 Å². The highest BCUT2D eigenvalue weighted by Gasteiger charge is 2.13. The monoisotopic (exact) mass is 382 g/mol. The molecule has 0 heterocycles. The van der Waals surface area contributed by atoms with Crippen LogP contribution in [-0.4, -0.2) is 30.0 Å². The van der Waals surface area contributed by atoms with Crippen LogP contribution >= 0.6 is 0 Å². The summed E-state index contributed by atoms with van der Waals surface area (Å²) in [4.78, 5) is 34.4. The third kappa shape index (κ3) is 6.24. The van der Waals surface area contributed by atoms with Crippen molar-refractivity contribution < 1.29 is 24.2 Å². The Morgan fingerprint density at radius 1 is 1.11 bits per heavy atom. The summed E-state index contributed by atoms with van der Waals surface area (Å²) in [5.41, 5.74) is 3.19. The number of carbonyl (C=O) groups excluding carboxylic acids is 3. The van der Waals surface area contributed by atoms with Gasteiger partial charge in [0.15, 0.2) is 0 Å². The molecule has 0 atom stereocenters. The molecule has 28 heavy (non-hydrogen) atoms. The van der Waals surface area contributed by atoms with E-state index in [1.807, 2.05) is 30.3 Å². The van der Waals surface area contributed by atoms with Crippen LogP contribution < -0.4 is 20.6 Å². The molecule has 0 aromatic heterocycles. The molecule has 8 nitrogen and oxygen atoms in total. The predicted molar refractivity (Wildman–Crippen MR) is 101 cm³/mol. The van der Waals surface area contributed by atoms with E-state index in [9.17, 15) is 19.5 Å². The highest BCUT2D eigenvalue weighted by atomic mass is 16.5. The van der Waals surface area contributed by atoms with Crippen LogP contribution in [-0.2, 0) is 16.2 Å². The topological polar surface area (TPSA) is 120 Å². The number of rotatable bonds is 7. The Bertz CT molecular complexity index is 879. The van der Waals surface area contributed by atoms with Crippen molar-refractivity contribution in [2.45, 2.75) is 26.5 Å². The number of nitrogens with one attached hydrogen (secondary N) is 2. The lowest BCUT2D eigenvalue weighted by molar-refractivity contribution is -0.255. The number of amides is 2. The second-order valence-corrected chi connectivity index (χ2v) is 6.14. The maximum atomic E-state index is 11.6. The van der Waals surface area contributed by atoms with Crippen LogP contribution in [0.1, 0.15) is 35.3 Å². The Balaban J connectivity index is 2.04. The molecule has 2 rings (SSSR count). The van der Waals surface area contributed by atoms with Gasteiger partial charge in [-0.25, -0.2) is 5.43 Å². The van der Waals surface area contributed by atoms with Gasteiger partial charge in [0.05, 0.1) is 12.2 Å². The largest absolute Gasteiger partial charge is 0.545 e. The quantitative estimate of drug-likeness (QED) is 0.413. The van der Waals surface area contributed by atoms with Gasteiger partial charge >= 0.3 is 11.8 Å². The van der Waals surface area contributed by atoms with E-state index in [1.165, 1.54) is 18.3 Å². The van der Waals surface area contributed by atoms with E-state index in [0.717, 1.165) is 5.56 Å². The lowest BCUT2D eigenvalue weighted by Crippen LogP contribution is -2.41. The van der Waals surface area contributed by atoms with Crippen molar-refractivity contribution in [2.24, 2.45) is 5.10 Å². The summed E-state index contributed by atoms with van der Waals surface area (Å²) < 4.78 is 5.56. The third-order valence-electron chi connectivity index (χ3n) is 3.47. The van der Waals surface area contributed by atoms with E-state index in [-0.39, 0.29) is 24.0 Å². The van der Waals surface area contributed by atoms with E-state index >= 15 is 0 Å². The molecule has 2 amide bonds. The van der Waals surface area contributed by atoms with Crippen LogP contribution in [0, 0.1) is 0 Å². The Kier molecular flexibility index (Phi) is 7.27. The molecule has 0 aliphatic heterocycles. The third-order valence-corrected chi connectivity index (χ3v) is 3.47. The molecule has 2 N–H and O–H groups in total. The van der Waals surface area contributed by atoms with E-state index in [2.05, 4.69) is 15.8 Å². The Hall–Kier alpha value is -3.68. The van der Waals surface area contributed by atoms with Crippen molar-refractivity contribution in [3.05, 3.63) is 65.2 Å². The lowest BCUT2D eigenvalue weighted by Gasteiger charge is -2.13. The molecule has 0 unspecified atom stereocenters.